The van der Waals surface area contributed by atoms with E-state index >= 15 is 0 Å². The second kappa shape index (κ2) is 14.7. The van der Waals surface area contributed by atoms with Crippen molar-refractivity contribution < 1.29 is 23.8 Å². The van der Waals surface area contributed by atoms with Crippen LogP contribution in [0.4, 0.5) is 0 Å². The molecule has 7 heteroatoms. The first kappa shape index (κ1) is 29.5. The number of nitrogens with zero attached hydrogens (tertiary/aromatic N) is 1. The van der Waals surface area contributed by atoms with E-state index in [1.165, 1.54) is 11.1 Å². The summed E-state index contributed by atoms with van der Waals surface area (Å²) in [7, 11) is 0. The zero-order valence-electron chi connectivity index (χ0n) is 22.3. The summed E-state index contributed by atoms with van der Waals surface area (Å²) in [4.78, 5) is 27.4. The maximum absolute atomic E-state index is 13.5. The van der Waals surface area contributed by atoms with E-state index in [0.29, 0.717) is 26.2 Å². The molecular weight excluding hydrogens is 456 g/mol. The summed E-state index contributed by atoms with van der Waals surface area (Å²) in [5, 5.41) is 0. The van der Waals surface area contributed by atoms with Gasteiger partial charge in [0.05, 0.1) is 19.0 Å². The molecular formula is C29H42N2O5. The molecule has 0 heterocycles. The lowest BCUT2D eigenvalue weighted by molar-refractivity contribution is -0.162. The smallest absolute Gasteiger partial charge is 0.308 e. The fourth-order valence-corrected chi connectivity index (χ4v) is 4.06. The molecule has 0 aliphatic heterocycles. The Labute approximate surface area is 215 Å². The molecule has 7 nitrogen and oxygen atoms in total. The van der Waals surface area contributed by atoms with Crippen LogP contribution in [0.5, 0.6) is 0 Å². The lowest BCUT2D eigenvalue weighted by Crippen LogP contribution is -2.49. The molecule has 2 N–H and O–H groups in total. The summed E-state index contributed by atoms with van der Waals surface area (Å²) in [6.07, 6.45) is -0.102. The van der Waals surface area contributed by atoms with E-state index in [0.717, 1.165) is 0 Å². The third-order valence-electron chi connectivity index (χ3n) is 5.60. The molecule has 0 saturated heterocycles. The number of esters is 1. The van der Waals surface area contributed by atoms with E-state index in [9.17, 15) is 9.59 Å². The molecule has 0 aliphatic carbocycles. The third-order valence-corrected chi connectivity index (χ3v) is 5.60. The van der Waals surface area contributed by atoms with Crippen LogP contribution in [0.15, 0.2) is 60.7 Å². The van der Waals surface area contributed by atoms with Crippen molar-refractivity contribution in [2.24, 2.45) is 5.73 Å². The van der Waals surface area contributed by atoms with Crippen molar-refractivity contribution in [3.63, 3.8) is 0 Å². The van der Waals surface area contributed by atoms with E-state index in [1.807, 2.05) is 50.2 Å². The van der Waals surface area contributed by atoms with Crippen molar-refractivity contribution in [2.45, 2.75) is 71.3 Å². The number of benzene rings is 2. The van der Waals surface area contributed by atoms with Crippen LogP contribution in [0.25, 0.3) is 0 Å². The summed E-state index contributed by atoms with van der Waals surface area (Å²) in [6.45, 7) is 10.7. The molecule has 0 fully saturated rings. The summed E-state index contributed by atoms with van der Waals surface area (Å²) in [6, 6.07) is 19.4. The molecule has 1 amide bonds. The lowest BCUT2D eigenvalue weighted by Gasteiger charge is -2.31. The molecule has 2 aromatic carbocycles. The van der Waals surface area contributed by atoms with Gasteiger partial charge in [0.2, 0.25) is 5.91 Å². The summed E-state index contributed by atoms with van der Waals surface area (Å²) in [5.41, 5.74) is 7.90. The number of carbonyl (C=O) groups is 2. The van der Waals surface area contributed by atoms with Crippen LogP contribution in [-0.4, -0.2) is 61.0 Å². The van der Waals surface area contributed by atoms with Gasteiger partial charge in [-0.25, -0.2) is 0 Å². The average molecular weight is 499 g/mol. The van der Waals surface area contributed by atoms with Crippen LogP contribution in [0.1, 0.15) is 64.5 Å². The Kier molecular flexibility index (Phi) is 12.1. The topological polar surface area (TPSA) is 91.1 Å². The zero-order valence-corrected chi connectivity index (χ0v) is 22.3. The van der Waals surface area contributed by atoms with E-state index in [4.69, 9.17) is 19.9 Å². The number of amides is 1. The van der Waals surface area contributed by atoms with Crippen molar-refractivity contribution in [1.82, 2.24) is 4.90 Å². The minimum Gasteiger partial charge on any atom is -0.460 e. The summed E-state index contributed by atoms with van der Waals surface area (Å²) < 4.78 is 16.8. The molecule has 0 spiro atoms. The SMILES string of the molecule is CCOC(CN(CCC(c1ccccc1)c1ccccc1)C(=O)[C@@H](N)CC(=O)OC(C)(C)C)OCC. The van der Waals surface area contributed by atoms with Gasteiger partial charge in [-0.05, 0) is 52.2 Å². The molecule has 2 rings (SSSR count). The standard InChI is InChI=1S/C29H42N2O5/c1-6-34-27(35-7-2)21-31(28(33)25(30)20-26(32)36-29(3,4)5)19-18-24(22-14-10-8-11-15-22)23-16-12-9-13-17-23/h8-17,24-25,27H,6-7,18-21,30H2,1-5H3/t25-/m0/s1. The molecule has 0 saturated carbocycles. The largest absolute Gasteiger partial charge is 0.460 e. The zero-order chi connectivity index (χ0) is 26.6. The molecule has 0 unspecified atom stereocenters. The average Bonchev–Trinajstić information content (AvgIpc) is 2.83. The van der Waals surface area contributed by atoms with Gasteiger partial charge in [-0.15, -0.1) is 0 Å². The van der Waals surface area contributed by atoms with Crippen LogP contribution in [-0.2, 0) is 23.8 Å². The number of hydrogen-bond acceptors (Lipinski definition) is 6. The highest BCUT2D eigenvalue weighted by Crippen LogP contribution is 2.28. The molecule has 1 atom stereocenters. The first-order chi connectivity index (χ1) is 17.1. The number of ether oxygens (including phenoxy) is 3. The second-order valence-corrected chi connectivity index (χ2v) is 9.68. The maximum atomic E-state index is 13.5. The Hall–Kier alpha value is -2.74. The first-order valence-corrected chi connectivity index (χ1v) is 12.7. The molecule has 198 valence electrons. The Balaban J connectivity index is 2.24. The van der Waals surface area contributed by atoms with Gasteiger partial charge in [-0.2, -0.15) is 0 Å². The van der Waals surface area contributed by atoms with Crippen molar-refractivity contribution >= 4 is 11.9 Å². The van der Waals surface area contributed by atoms with Gasteiger partial charge in [0, 0.05) is 25.7 Å². The minimum atomic E-state index is -1.02. The Bertz CT molecular complexity index is 869. The molecule has 36 heavy (non-hydrogen) atoms. The van der Waals surface area contributed by atoms with E-state index < -0.39 is 23.9 Å². The van der Waals surface area contributed by atoms with Crippen LogP contribution < -0.4 is 5.73 Å². The fraction of sp³-hybridized carbons (Fsp3) is 0.517. The van der Waals surface area contributed by atoms with Crippen LogP contribution >= 0.6 is 0 Å². The Morgan fingerprint density at radius 2 is 1.39 bits per heavy atom. The Morgan fingerprint density at radius 1 is 0.889 bits per heavy atom. The summed E-state index contributed by atoms with van der Waals surface area (Å²) >= 11 is 0. The third kappa shape index (κ3) is 10.1. The van der Waals surface area contributed by atoms with Gasteiger partial charge in [0.15, 0.2) is 6.29 Å². The van der Waals surface area contributed by atoms with Crippen molar-refractivity contribution in [1.29, 1.82) is 0 Å². The molecule has 0 bridgehead atoms. The normalized spacial score (nSPS) is 12.6. The van der Waals surface area contributed by atoms with E-state index in [2.05, 4.69) is 24.3 Å². The van der Waals surface area contributed by atoms with Crippen LogP contribution in [0.3, 0.4) is 0 Å². The van der Waals surface area contributed by atoms with Gasteiger partial charge >= 0.3 is 5.97 Å². The highest BCUT2D eigenvalue weighted by molar-refractivity contribution is 5.86. The van der Waals surface area contributed by atoms with Crippen LogP contribution in [0.2, 0.25) is 0 Å². The van der Waals surface area contributed by atoms with Crippen LogP contribution in [0, 0.1) is 0 Å². The fourth-order valence-electron chi connectivity index (χ4n) is 4.06. The first-order valence-electron chi connectivity index (χ1n) is 12.7. The predicted molar refractivity (Wildman–Crippen MR) is 141 cm³/mol. The molecule has 2 aromatic rings. The van der Waals surface area contributed by atoms with Crippen molar-refractivity contribution in [3.8, 4) is 0 Å². The highest BCUT2D eigenvalue weighted by atomic mass is 16.7. The monoisotopic (exact) mass is 498 g/mol. The number of nitrogens with two attached hydrogens (primary N) is 1. The molecule has 0 radical (unpaired) electrons. The number of carbonyl (C=O) groups excluding carboxylic acids is 2. The number of hydrogen-bond donors (Lipinski definition) is 1. The van der Waals surface area contributed by atoms with Crippen molar-refractivity contribution in [2.75, 3.05) is 26.3 Å². The second-order valence-electron chi connectivity index (χ2n) is 9.68. The lowest BCUT2D eigenvalue weighted by atomic mass is 9.88. The van der Waals surface area contributed by atoms with Gasteiger partial charge in [-0.3, -0.25) is 9.59 Å². The van der Waals surface area contributed by atoms with Gasteiger partial charge < -0.3 is 24.8 Å². The van der Waals surface area contributed by atoms with E-state index in [1.54, 1.807) is 25.7 Å². The predicted octanol–water partition coefficient (Wildman–Crippen LogP) is 4.50. The summed E-state index contributed by atoms with van der Waals surface area (Å²) in [5.74, 6) is -0.742. The van der Waals surface area contributed by atoms with Gasteiger partial charge in [-0.1, -0.05) is 60.7 Å². The molecule has 0 aromatic heterocycles. The maximum Gasteiger partial charge on any atom is 0.308 e. The minimum absolute atomic E-state index is 0.0856. The Morgan fingerprint density at radius 3 is 1.83 bits per heavy atom. The van der Waals surface area contributed by atoms with Gasteiger partial charge in [0.25, 0.3) is 0 Å². The highest BCUT2D eigenvalue weighted by Gasteiger charge is 2.29. The molecule has 0 aliphatic rings. The quantitative estimate of drug-likeness (QED) is 0.305. The number of rotatable bonds is 14. The van der Waals surface area contributed by atoms with E-state index in [-0.39, 0.29) is 24.8 Å². The van der Waals surface area contributed by atoms with Crippen molar-refractivity contribution in [3.05, 3.63) is 71.8 Å². The van der Waals surface area contributed by atoms with Gasteiger partial charge in [0.1, 0.15) is 5.60 Å².